The molecule has 0 spiro atoms. The summed E-state index contributed by atoms with van der Waals surface area (Å²) < 4.78 is 38.9. The zero-order valence-electron chi connectivity index (χ0n) is 19.1. The molecule has 0 saturated carbocycles. The Bertz CT molecular complexity index is 1450. The number of nitrogens with zero attached hydrogens (tertiary/aromatic N) is 1. The van der Waals surface area contributed by atoms with Gasteiger partial charge in [-0.3, -0.25) is 9.79 Å². The van der Waals surface area contributed by atoms with E-state index >= 15 is 0 Å². The molecule has 0 aromatic heterocycles. The lowest BCUT2D eigenvalue weighted by molar-refractivity contribution is -0.137. The van der Waals surface area contributed by atoms with Crippen LogP contribution in [0, 0.1) is 6.92 Å². The monoisotopic (exact) mass is 476 g/mol. The highest BCUT2D eigenvalue weighted by molar-refractivity contribution is 6.05. The van der Waals surface area contributed by atoms with Gasteiger partial charge in [-0.15, -0.1) is 0 Å². The smallest absolute Gasteiger partial charge is 0.342 e. The third-order valence-corrected chi connectivity index (χ3v) is 5.42. The van der Waals surface area contributed by atoms with Crippen LogP contribution >= 0.6 is 0 Å². The molecule has 1 aliphatic heterocycles. The largest absolute Gasteiger partial charge is 0.416 e. The van der Waals surface area contributed by atoms with Crippen LogP contribution in [0.5, 0.6) is 0 Å². The molecule has 0 saturated heterocycles. The number of nitrogens with one attached hydrogen (secondary N) is 3. The van der Waals surface area contributed by atoms with Crippen LogP contribution in [-0.2, 0) is 6.18 Å². The van der Waals surface area contributed by atoms with Crippen molar-refractivity contribution in [2.75, 3.05) is 10.6 Å². The summed E-state index contributed by atoms with van der Waals surface area (Å²) in [7, 11) is 0. The fraction of sp³-hybridized carbons (Fsp3) is 0.111. The second-order valence-electron chi connectivity index (χ2n) is 8.07. The molecule has 2 aliphatic rings. The van der Waals surface area contributed by atoms with Gasteiger partial charge in [-0.25, -0.2) is 0 Å². The molecule has 0 radical (unpaired) electrons. The Labute approximate surface area is 200 Å². The second-order valence-corrected chi connectivity index (χ2v) is 8.07. The van der Waals surface area contributed by atoms with Crippen LogP contribution in [0.1, 0.15) is 23.6 Å². The number of benzene rings is 2. The number of aliphatic imine (C=N–C) groups is 1. The Kier molecular flexibility index (Phi) is 6.46. The van der Waals surface area contributed by atoms with E-state index in [1.165, 1.54) is 12.1 Å². The van der Waals surface area contributed by atoms with Gasteiger partial charge in [0.2, 0.25) is 0 Å². The number of fused-ring (bicyclic) bond motifs is 1. The van der Waals surface area contributed by atoms with Crippen LogP contribution in [0.4, 0.5) is 30.2 Å². The van der Waals surface area contributed by atoms with Crippen LogP contribution in [-0.4, -0.2) is 10.7 Å². The summed E-state index contributed by atoms with van der Waals surface area (Å²) in [6.07, 6.45) is -4.43. The van der Waals surface area contributed by atoms with Crippen molar-refractivity contribution in [3.8, 4) is 11.3 Å². The fourth-order valence-electron chi connectivity index (χ4n) is 3.74. The molecule has 35 heavy (non-hydrogen) atoms. The number of halogens is 3. The second kappa shape index (κ2) is 9.50. The Hall–Kier alpha value is -4.33. The minimum absolute atomic E-state index is 0.210. The predicted octanol–water partition coefficient (Wildman–Crippen LogP) is 6.94. The third kappa shape index (κ3) is 5.43. The topological polar surface area (TPSA) is 69.3 Å². The molecule has 4 rings (SSSR count). The van der Waals surface area contributed by atoms with Crippen LogP contribution in [0.2, 0.25) is 0 Å². The first-order chi connectivity index (χ1) is 16.6. The minimum Gasteiger partial charge on any atom is -0.342 e. The van der Waals surface area contributed by atoms with Crippen molar-refractivity contribution in [1.82, 2.24) is 4.98 Å². The molecule has 0 bridgehead atoms. The number of aromatic nitrogens is 1. The van der Waals surface area contributed by atoms with Crippen molar-refractivity contribution in [1.29, 1.82) is 0 Å². The summed E-state index contributed by atoms with van der Waals surface area (Å²) in [4.78, 5) is 20.2. The molecule has 0 unspecified atom stereocenters. The zero-order chi connectivity index (χ0) is 25.2. The van der Waals surface area contributed by atoms with Crippen molar-refractivity contribution < 1.29 is 13.2 Å². The first-order valence-corrected chi connectivity index (χ1v) is 10.8. The number of aryl methyl sites for hydroxylation is 1. The molecular weight excluding hydrogens is 453 g/mol. The molecular formula is C27H23F3N4O. The molecule has 0 fully saturated rings. The molecule has 178 valence electrons. The van der Waals surface area contributed by atoms with Gasteiger partial charge in [0.15, 0.2) is 0 Å². The summed E-state index contributed by atoms with van der Waals surface area (Å²) in [6.45, 7) is 7.54. The van der Waals surface area contributed by atoms with Crippen molar-refractivity contribution in [3.63, 3.8) is 0 Å². The lowest BCUT2D eigenvalue weighted by Gasteiger charge is -2.15. The summed E-state index contributed by atoms with van der Waals surface area (Å²) in [5.41, 5.74) is 4.06. The van der Waals surface area contributed by atoms with E-state index in [2.05, 4.69) is 22.2 Å². The Morgan fingerprint density at radius 3 is 2.40 bits per heavy atom. The maximum atomic E-state index is 13.0. The van der Waals surface area contributed by atoms with Crippen LogP contribution in [0.25, 0.3) is 11.3 Å². The van der Waals surface area contributed by atoms with Crippen LogP contribution in [0.15, 0.2) is 95.0 Å². The van der Waals surface area contributed by atoms with Crippen molar-refractivity contribution in [3.05, 3.63) is 112 Å². The highest BCUT2D eigenvalue weighted by atomic mass is 19.4. The molecule has 0 amide bonds. The minimum atomic E-state index is -4.43. The molecule has 8 heteroatoms. The van der Waals surface area contributed by atoms with Gasteiger partial charge in [0.1, 0.15) is 5.82 Å². The van der Waals surface area contributed by atoms with Gasteiger partial charge in [-0.2, -0.15) is 13.2 Å². The van der Waals surface area contributed by atoms with E-state index in [-0.39, 0.29) is 11.2 Å². The lowest BCUT2D eigenvalue weighted by atomic mass is 10.1. The van der Waals surface area contributed by atoms with Gasteiger partial charge in [0, 0.05) is 22.6 Å². The highest BCUT2D eigenvalue weighted by Crippen LogP contribution is 2.31. The average Bonchev–Trinajstić information content (AvgIpc) is 2.94. The van der Waals surface area contributed by atoms with Crippen LogP contribution in [0.3, 0.4) is 0 Å². The van der Waals surface area contributed by atoms with Gasteiger partial charge in [-0.05, 0) is 55.8 Å². The van der Waals surface area contributed by atoms with E-state index in [1.54, 1.807) is 13.0 Å². The van der Waals surface area contributed by atoms with Gasteiger partial charge < -0.3 is 15.6 Å². The number of alkyl halides is 3. The first kappa shape index (κ1) is 23.8. The summed E-state index contributed by atoms with van der Waals surface area (Å²) in [6, 6.07) is 19.7. The highest BCUT2D eigenvalue weighted by Gasteiger charge is 2.30. The number of aromatic amines is 1. The lowest BCUT2D eigenvalue weighted by Crippen LogP contribution is -2.10. The van der Waals surface area contributed by atoms with E-state index < -0.39 is 11.7 Å². The normalized spacial score (nSPS) is 12.0. The zero-order valence-corrected chi connectivity index (χ0v) is 19.1. The molecule has 2 aromatic carbocycles. The summed E-state index contributed by atoms with van der Waals surface area (Å²) >= 11 is 0. The number of anilines is 2. The molecule has 2 aromatic rings. The van der Waals surface area contributed by atoms with E-state index in [1.807, 2.05) is 49.4 Å². The maximum absolute atomic E-state index is 13.0. The van der Waals surface area contributed by atoms with E-state index in [0.29, 0.717) is 28.5 Å². The van der Waals surface area contributed by atoms with Crippen LogP contribution < -0.4 is 16.2 Å². The number of hydrogen-bond donors (Lipinski definition) is 3. The Morgan fingerprint density at radius 1 is 0.943 bits per heavy atom. The number of H-pyrrole nitrogens is 1. The quantitative estimate of drug-likeness (QED) is 0.264. The van der Waals surface area contributed by atoms with Gasteiger partial charge >= 0.3 is 6.18 Å². The van der Waals surface area contributed by atoms with Gasteiger partial charge in [0.05, 0.1) is 22.5 Å². The SMILES string of the molecule is C=C(Nc1cccc(C(F)(F)F)c1)Nc1ccc(C)c(N=C(C)c2c3cccccc-3[nH]c2=O)c1. The molecule has 5 nitrogen and oxygen atoms in total. The molecule has 3 N–H and O–H groups in total. The standard InChI is InChI=1S/C27H23F3N4O/c1-16-12-13-21(33-18(3)32-20-9-7-8-19(14-20)27(28,29)30)15-24(16)31-17(2)25-22-10-5-4-6-11-23(22)34-26(25)35/h4-15,32-33H,3H2,1-2H3,(H,34,35). The summed E-state index contributed by atoms with van der Waals surface area (Å²) in [5, 5.41) is 5.89. The van der Waals surface area contributed by atoms with E-state index in [0.717, 1.165) is 29.0 Å². The third-order valence-electron chi connectivity index (χ3n) is 5.42. The van der Waals surface area contributed by atoms with Gasteiger partial charge in [0.25, 0.3) is 5.56 Å². The Balaban J connectivity index is 1.56. The molecule has 1 heterocycles. The van der Waals surface area contributed by atoms with E-state index in [9.17, 15) is 18.0 Å². The van der Waals surface area contributed by atoms with Crippen molar-refractivity contribution >= 4 is 22.8 Å². The molecule has 1 aliphatic carbocycles. The van der Waals surface area contributed by atoms with E-state index in [4.69, 9.17) is 4.99 Å². The van der Waals surface area contributed by atoms with Crippen molar-refractivity contribution in [2.24, 2.45) is 4.99 Å². The summed E-state index contributed by atoms with van der Waals surface area (Å²) in [5.74, 6) is 0.297. The first-order valence-electron chi connectivity index (χ1n) is 10.8. The van der Waals surface area contributed by atoms with Gasteiger partial charge in [-0.1, -0.05) is 43.0 Å². The number of rotatable bonds is 6. The Morgan fingerprint density at radius 2 is 1.66 bits per heavy atom. The van der Waals surface area contributed by atoms with Crippen molar-refractivity contribution in [2.45, 2.75) is 20.0 Å². The fourth-order valence-corrected chi connectivity index (χ4v) is 3.74. The maximum Gasteiger partial charge on any atom is 0.416 e. The molecule has 0 atom stereocenters. The predicted molar refractivity (Wildman–Crippen MR) is 135 cm³/mol. The average molecular weight is 477 g/mol. The number of hydrogen-bond acceptors (Lipinski definition) is 4.